The summed E-state index contributed by atoms with van der Waals surface area (Å²) >= 11 is 0. The Morgan fingerprint density at radius 2 is 0.852 bits per heavy atom. The summed E-state index contributed by atoms with van der Waals surface area (Å²) < 4.78 is 26.5. The van der Waals surface area contributed by atoms with Crippen LogP contribution in [0.25, 0.3) is 0 Å². The van der Waals surface area contributed by atoms with E-state index in [0.29, 0.717) is 51.0 Å². The van der Waals surface area contributed by atoms with Gasteiger partial charge in [0.2, 0.25) is 11.9 Å². The summed E-state index contributed by atoms with van der Waals surface area (Å²) in [6.07, 6.45) is 4.25. The average Bonchev–Trinajstić information content (AvgIpc) is 3.28. The van der Waals surface area contributed by atoms with Gasteiger partial charge in [0.05, 0.1) is 40.6 Å². The van der Waals surface area contributed by atoms with Gasteiger partial charge in [0.15, 0.2) is 0 Å². The predicted molar refractivity (Wildman–Crippen MR) is 238 cm³/mol. The van der Waals surface area contributed by atoms with E-state index >= 15 is 0 Å². The molecule has 0 spiro atoms. The van der Waals surface area contributed by atoms with Crippen molar-refractivity contribution in [2.45, 2.75) is 71.9 Å². The number of hydrogen-bond donors (Lipinski definition) is 1. The van der Waals surface area contributed by atoms with E-state index in [1.165, 1.54) is 0 Å². The summed E-state index contributed by atoms with van der Waals surface area (Å²) in [5, 5.41) is 0. The first kappa shape index (κ1) is 45.4. The average molecular weight is 828 g/mol. The zero-order valence-corrected chi connectivity index (χ0v) is 36.2. The second-order valence-corrected chi connectivity index (χ2v) is 15.1. The van der Waals surface area contributed by atoms with E-state index in [0.717, 1.165) is 56.6 Å². The number of esters is 1. The highest BCUT2D eigenvalue weighted by Crippen LogP contribution is 2.23. The first-order valence-electron chi connectivity index (χ1n) is 20.0. The van der Waals surface area contributed by atoms with Crippen LogP contribution in [0, 0.1) is 0 Å². The molecule has 0 radical (unpaired) electrons. The Balaban J connectivity index is 0.000000237. The third-order valence-electron chi connectivity index (χ3n) is 9.31. The van der Waals surface area contributed by atoms with E-state index in [1.54, 1.807) is 40.8 Å². The van der Waals surface area contributed by atoms with E-state index in [2.05, 4.69) is 24.8 Å². The number of ether oxygens (including phenoxy) is 5. The van der Waals surface area contributed by atoms with Crippen molar-refractivity contribution in [1.29, 1.82) is 0 Å². The molecule has 0 saturated carbocycles. The second-order valence-electron chi connectivity index (χ2n) is 15.1. The van der Waals surface area contributed by atoms with E-state index in [-0.39, 0.29) is 12.4 Å². The lowest BCUT2D eigenvalue weighted by Gasteiger charge is -2.24. The number of benzene rings is 4. The topological polar surface area (TPSA) is 147 Å². The lowest BCUT2D eigenvalue weighted by molar-refractivity contribution is -0.154. The van der Waals surface area contributed by atoms with Crippen molar-refractivity contribution in [2.24, 2.45) is 5.73 Å². The van der Waals surface area contributed by atoms with Crippen LogP contribution in [0.3, 0.4) is 0 Å². The van der Waals surface area contributed by atoms with Gasteiger partial charge in [-0.3, -0.25) is 4.79 Å². The molecule has 320 valence electrons. The van der Waals surface area contributed by atoms with Gasteiger partial charge >= 0.3 is 5.97 Å². The Morgan fingerprint density at radius 1 is 0.525 bits per heavy atom. The molecule has 0 saturated heterocycles. The van der Waals surface area contributed by atoms with Crippen molar-refractivity contribution in [3.63, 3.8) is 0 Å². The van der Waals surface area contributed by atoms with Crippen molar-refractivity contribution in [2.75, 3.05) is 38.2 Å². The fourth-order valence-electron chi connectivity index (χ4n) is 6.15. The molecule has 0 unspecified atom stereocenters. The van der Waals surface area contributed by atoms with E-state index in [4.69, 9.17) is 34.4 Å². The number of hydrogen-bond acceptors (Lipinski definition) is 13. The minimum absolute atomic E-state index is 0.235. The van der Waals surface area contributed by atoms with Crippen molar-refractivity contribution >= 4 is 17.9 Å². The first-order chi connectivity index (χ1) is 29.5. The number of methoxy groups -OCH3 is 4. The van der Waals surface area contributed by atoms with Crippen LogP contribution < -0.4 is 34.5 Å². The number of carbonyl (C=O) groups is 1. The third kappa shape index (κ3) is 14.8. The van der Waals surface area contributed by atoms with Gasteiger partial charge in [-0.25, -0.2) is 19.9 Å². The van der Waals surface area contributed by atoms with Gasteiger partial charge in [-0.2, -0.15) is 0 Å². The monoisotopic (exact) mass is 827 g/mol. The van der Waals surface area contributed by atoms with Crippen molar-refractivity contribution < 1.29 is 28.5 Å². The summed E-state index contributed by atoms with van der Waals surface area (Å²) in [6, 6.07) is 35.6. The van der Waals surface area contributed by atoms with Crippen molar-refractivity contribution in [1.82, 2.24) is 19.9 Å². The first-order valence-corrected chi connectivity index (χ1v) is 20.0. The molecular formula is C48H57N7O6. The fraction of sp³-hybridized carbons (Fsp3) is 0.312. The second kappa shape index (κ2) is 22.6. The Kier molecular flexibility index (Phi) is 16.8. The number of nitrogens with two attached hydrogens (primary N) is 1. The molecule has 61 heavy (non-hydrogen) atoms. The Labute approximate surface area is 359 Å². The molecule has 6 rings (SSSR count). The van der Waals surface area contributed by atoms with Crippen LogP contribution in [-0.4, -0.2) is 59.9 Å². The number of anilines is 2. The lowest BCUT2D eigenvalue weighted by Crippen LogP contribution is -2.25. The molecule has 2 aromatic heterocycles. The predicted octanol–water partition coefficient (Wildman–Crippen LogP) is 8.13. The molecule has 13 heteroatoms. The SMILES string of the molecule is COc1ccc(CN(Cc2ccc(OC)cc2)c2nccc(CCC(=O)OC(C)(C)C)n2)cc1.COc1ccc(CN(Cc2ccc(OC)cc2)c2nccc(CN)n2)cc1. The van der Waals surface area contributed by atoms with Gasteiger partial charge in [0.25, 0.3) is 0 Å². The molecule has 4 aromatic carbocycles. The molecule has 0 aliphatic rings. The number of nitrogens with zero attached hydrogens (tertiary/aromatic N) is 6. The lowest BCUT2D eigenvalue weighted by atomic mass is 10.1. The number of aryl methyl sites for hydroxylation is 1. The van der Waals surface area contributed by atoms with Crippen LogP contribution in [0.5, 0.6) is 23.0 Å². The summed E-state index contributed by atoms with van der Waals surface area (Å²) in [6.45, 7) is 8.55. The van der Waals surface area contributed by atoms with Gasteiger partial charge in [0.1, 0.15) is 28.6 Å². The maximum absolute atomic E-state index is 12.1. The number of carbonyl (C=O) groups excluding carboxylic acids is 1. The van der Waals surface area contributed by atoms with Gasteiger partial charge in [0, 0.05) is 57.2 Å². The molecule has 0 aliphatic carbocycles. The van der Waals surface area contributed by atoms with E-state index in [1.807, 2.05) is 130 Å². The largest absolute Gasteiger partial charge is 0.497 e. The normalized spacial score (nSPS) is 10.8. The minimum Gasteiger partial charge on any atom is -0.497 e. The number of rotatable bonds is 18. The maximum Gasteiger partial charge on any atom is 0.306 e. The Hall–Kier alpha value is -6.73. The highest BCUT2D eigenvalue weighted by atomic mass is 16.6. The van der Waals surface area contributed by atoms with E-state index in [9.17, 15) is 4.79 Å². The summed E-state index contributed by atoms with van der Waals surface area (Å²) in [5.41, 5.74) is 11.4. The molecule has 0 amide bonds. The summed E-state index contributed by atoms with van der Waals surface area (Å²) in [5.74, 6) is 4.32. The smallest absolute Gasteiger partial charge is 0.306 e. The highest BCUT2D eigenvalue weighted by Gasteiger charge is 2.18. The van der Waals surface area contributed by atoms with Gasteiger partial charge in [-0.05, 0) is 104 Å². The van der Waals surface area contributed by atoms with Crippen molar-refractivity contribution in [3.05, 3.63) is 155 Å². The minimum atomic E-state index is -0.499. The fourth-order valence-corrected chi connectivity index (χ4v) is 6.15. The van der Waals surface area contributed by atoms with Crippen LogP contribution in [-0.2, 0) is 48.7 Å². The van der Waals surface area contributed by atoms with Gasteiger partial charge in [-0.15, -0.1) is 0 Å². The van der Waals surface area contributed by atoms with Crippen LogP contribution in [0.4, 0.5) is 11.9 Å². The van der Waals surface area contributed by atoms with Crippen LogP contribution >= 0.6 is 0 Å². The molecule has 0 fully saturated rings. The molecule has 2 heterocycles. The Morgan fingerprint density at radius 3 is 1.16 bits per heavy atom. The highest BCUT2D eigenvalue weighted by molar-refractivity contribution is 5.70. The number of aromatic nitrogens is 4. The molecule has 13 nitrogen and oxygen atoms in total. The van der Waals surface area contributed by atoms with Crippen LogP contribution in [0.15, 0.2) is 122 Å². The van der Waals surface area contributed by atoms with Gasteiger partial charge < -0.3 is 39.2 Å². The molecule has 6 aromatic rings. The molecule has 2 N–H and O–H groups in total. The maximum atomic E-state index is 12.1. The standard InChI is InChI=1S/C27H33N3O4.C21H24N4O2/c1-27(2,3)34-25(31)15-10-22-16-17-28-26(29-22)30(18-20-6-11-23(32-4)12-7-20)19-21-8-13-24(33-5)14-9-21;1-26-19-7-3-16(4-8-19)14-25(21-23-12-11-18(13-22)24-21)15-17-5-9-20(27-2)10-6-17/h6-9,11-14,16-17H,10,15,18-19H2,1-5H3;3-12H,13-15,22H2,1-2H3. The third-order valence-corrected chi connectivity index (χ3v) is 9.31. The molecular weight excluding hydrogens is 771 g/mol. The Bertz CT molecular complexity index is 2130. The molecule has 0 aliphatic heterocycles. The zero-order valence-electron chi connectivity index (χ0n) is 36.2. The van der Waals surface area contributed by atoms with Crippen LogP contribution in [0.2, 0.25) is 0 Å². The van der Waals surface area contributed by atoms with Crippen LogP contribution in [0.1, 0.15) is 60.8 Å². The molecule has 0 bridgehead atoms. The summed E-state index contributed by atoms with van der Waals surface area (Å²) in [4.78, 5) is 34.7. The van der Waals surface area contributed by atoms with Crippen molar-refractivity contribution in [3.8, 4) is 23.0 Å². The zero-order chi connectivity index (χ0) is 43.6. The summed E-state index contributed by atoms with van der Waals surface area (Å²) in [7, 11) is 6.64. The molecule has 0 atom stereocenters. The van der Waals surface area contributed by atoms with Gasteiger partial charge in [-0.1, -0.05) is 48.5 Å². The quantitative estimate of drug-likeness (QED) is 0.0833. The van der Waals surface area contributed by atoms with E-state index < -0.39 is 5.60 Å².